The second-order valence-electron chi connectivity index (χ2n) is 16.1. The molecule has 3 rings (SSSR count). The number of ether oxygens (including phenoxy) is 3. The second kappa shape index (κ2) is 25.7. The fraction of sp³-hybridized carbons (Fsp3) is 0.739. The van der Waals surface area contributed by atoms with Crippen molar-refractivity contribution in [2.24, 2.45) is 11.3 Å². The molecular weight excluding hydrogens is 700 g/mol. The van der Waals surface area contributed by atoms with E-state index in [9.17, 15) is 19.8 Å². The maximum Gasteiger partial charge on any atom is 0.338 e. The van der Waals surface area contributed by atoms with Crippen LogP contribution in [0.5, 0.6) is 5.75 Å². The Bertz CT molecular complexity index is 1240. The van der Waals surface area contributed by atoms with E-state index in [1.165, 1.54) is 77.0 Å². The van der Waals surface area contributed by atoms with Gasteiger partial charge in [0.1, 0.15) is 18.5 Å². The Balaban J connectivity index is 1.21. The predicted octanol–water partition coefficient (Wildman–Crippen LogP) is 11.6. The number of halogens is 1. The molecule has 8 heteroatoms. The van der Waals surface area contributed by atoms with Gasteiger partial charge in [-0.1, -0.05) is 115 Å². The van der Waals surface area contributed by atoms with Crippen molar-refractivity contribution in [3.8, 4) is 5.75 Å². The SMILES string of the molecule is CCCCCCCCCCCCCCOc1ccc(C(=O)O[C@H](C)COC(=O)CCC/C=C\C[C@]2(Cl)CC[C@@H](O)[C@H]2/C=C/C[C@H](O)C2(CC)CCC2)cc1. The van der Waals surface area contributed by atoms with Gasteiger partial charge in [-0.2, -0.15) is 0 Å². The minimum Gasteiger partial charge on any atom is -0.494 e. The van der Waals surface area contributed by atoms with Crippen molar-refractivity contribution in [2.45, 2.75) is 192 Å². The molecule has 0 unspecified atom stereocenters. The first kappa shape index (κ1) is 46.0. The maximum absolute atomic E-state index is 12.6. The highest BCUT2D eigenvalue weighted by atomic mass is 35.5. The van der Waals surface area contributed by atoms with E-state index in [2.05, 4.69) is 13.8 Å². The van der Waals surface area contributed by atoms with Crippen LogP contribution in [0.4, 0.5) is 0 Å². The number of hydrogen-bond donors (Lipinski definition) is 2. The lowest BCUT2D eigenvalue weighted by molar-refractivity contribution is -0.146. The molecule has 0 spiro atoms. The topological polar surface area (TPSA) is 102 Å². The van der Waals surface area contributed by atoms with Gasteiger partial charge in [-0.3, -0.25) is 4.79 Å². The van der Waals surface area contributed by atoms with Gasteiger partial charge in [-0.05, 0) is 101 Å². The van der Waals surface area contributed by atoms with E-state index in [4.69, 9.17) is 25.8 Å². The molecular formula is C46H73ClO7. The van der Waals surface area contributed by atoms with Crippen LogP contribution in [0.15, 0.2) is 48.6 Å². The Kier molecular flexibility index (Phi) is 21.9. The Morgan fingerprint density at radius 1 is 0.889 bits per heavy atom. The Morgan fingerprint density at radius 3 is 2.15 bits per heavy atom. The van der Waals surface area contributed by atoms with Gasteiger partial charge in [0.2, 0.25) is 0 Å². The van der Waals surface area contributed by atoms with E-state index >= 15 is 0 Å². The van der Waals surface area contributed by atoms with E-state index in [0.717, 1.165) is 37.9 Å². The number of alkyl halides is 1. The van der Waals surface area contributed by atoms with Crippen molar-refractivity contribution < 1.29 is 34.0 Å². The molecule has 0 heterocycles. The fourth-order valence-corrected chi connectivity index (χ4v) is 8.34. The number of aliphatic hydroxyl groups is 2. The number of unbranched alkanes of at least 4 members (excludes halogenated alkanes) is 12. The molecule has 0 aliphatic heterocycles. The van der Waals surface area contributed by atoms with E-state index in [0.29, 0.717) is 44.3 Å². The Morgan fingerprint density at radius 2 is 1.54 bits per heavy atom. The molecule has 0 amide bonds. The van der Waals surface area contributed by atoms with Crippen LogP contribution in [0.2, 0.25) is 0 Å². The predicted molar refractivity (Wildman–Crippen MR) is 220 cm³/mol. The molecule has 54 heavy (non-hydrogen) atoms. The summed E-state index contributed by atoms with van der Waals surface area (Å²) in [4.78, 5) is 24.4. The average Bonchev–Trinajstić information content (AvgIpc) is 3.43. The molecule has 0 bridgehead atoms. The van der Waals surface area contributed by atoms with Gasteiger partial charge >= 0.3 is 11.9 Å². The summed E-state index contributed by atoms with van der Waals surface area (Å²) in [6, 6.07) is 6.99. The Labute approximate surface area is 332 Å². The lowest BCUT2D eigenvalue weighted by Gasteiger charge is -2.45. The van der Waals surface area contributed by atoms with Gasteiger partial charge in [0.25, 0.3) is 0 Å². The molecule has 306 valence electrons. The highest BCUT2D eigenvalue weighted by Crippen LogP contribution is 2.48. The number of benzene rings is 1. The fourth-order valence-electron chi connectivity index (χ4n) is 7.92. The number of hydrogen-bond acceptors (Lipinski definition) is 7. The molecule has 2 fully saturated rings. The first-order valence-electron chi connectivity index (χ1n) is 21.6. The molecule has 2 N–H and O–H groups in total. The average molecular weight is 774 g/mol. The zero-order chi connectivity index (χ0) is 39.1. The highest BCUT2D eigenvalue weighted by Gasteiger charge is 2.45. The number of rotatable bonds is 29. The van der Waals surface area contributed by atoms with Crippen LogP contribution >= 0.6 is 11.6 Å². The van der Waals surface area contributed by atoms with Crippen molar-refractivity contribution in [1.29, 1.82) is 0 Å². The number of carbonyl (C=O) groups is 2. The zero-order valence-electron chi connectivity index (χ0n) is 33.9. The van der Waals surface area contributed by atoms with Crippen LogP contribution in [-0.2, 0) is 14.3 Å². The third-order valence-electron chi connectivity index (χ3n) is 11.9. The van der Waals surface area contributed by atoms with Gasteiger partial charge in [0.05, 0.1) is 29.3 Å². The lowest BCUT2D eigenvalue weighted by Crippen LogP contribution is -2.40. The molecule has 2 aliphatic carbocycles. The van der Waals surface area contributed by atoms with E-state index in [1.54, 1.807) is 31.2 Å². The van der Waals surface area contributed by atoms with E-state index in [1.807, 2.05) is 24.3 Å². The number of esters is 2. The monoisotopic (exact) mass is 773 g/mol. The first-order valence-corrected chi connectivity index (χ1v) is 22.0. The zero-order valence-corrected chi connectivity index (χ0v) is 34.7. The summed E-state index contributed by atoms with van der Waals surface area (Å²) in [6.07, 6.45) is 31.0. The van der Waals surface area contributed by atoms with Crippen molar-refractivity contribution in [2.75, 3.05) is 13.2 Å². The standard InChI is InChI=1S/C46H73ClO7/c1-4-6-7-8-9-10-11-12-13-14-17-20-35-52-39-28-26-38(27-29-39)44(51)54-37(3)36-53-43(50)25-18-15-16-19-33-46(47)34-30-41(48)40(46)23-21-24-42(49)45(5-2)31-22-32-45/h16,19,21,23,26-29,37,40-42,48-49H,4-15,17-18,20,22,24-25,30-36H2,1-3H3/b19-16-,23-21+/t37-,40-,41-,42+,46+/m1/s1. The molecule has 5 atom stereocenters. The van der Waals surface area contributed by atoms with E-state index in [-0.39, 0.29) is 36.4 Å². The van der Waals surface area contributed by atoms with Gasteiger partial charge in [0.15, 0.2) is 0 Å². The van der Waals surface area contributed by atoms with Crippen molar-refractivity contribution in [1.82, 2.24) is 0 Å². The molecule has 2 saturated carbocycles. The third-order valence-corrected chi connectivity index (χ3v) is 12.4. The van der Waals surface area contributed by atoms with Gasteiger partial charge < -0.3 is 24.4 Å². The van der Waals surface area contributed by atoms with Crippen molar-refractivity contribution in [3.63, 3.8) is 0 Å². The van der Waals surface area contributed by atoms with E-state index < -0.39 is 23.1 Å². The van der Waals surface area contributed by atoms with Crippen molar-refractivity contribution in [3.05, 3.63) is 54.1 Å². The van der Waals surface area contributed by atoms with Gasteiger partial charge in [-0.25, -0.2) is 4.79 Å². The number of allylic oxidation sites excluding steroid dienone is 2. The molecule has 0 aromatic heterocycles. The molecule has 0 radical (unpaired) electrons. The number of aliphatic hydroxyl groups excluding tert-OH is 2. The molecule has 0 saturated heterocycles. The van der Waals surface area contributed by atoms with Crippen LogP contribution in [0.3, 0.4) is 0 Å². The van der Waals surface area contributed by atoms with Crippen molar-refractivity contribution >= 4 is 23.5 Å². The maximum atomic E-state index is 12.6. The highest BCUT2D eigenvalue weighted by molar-refractivity contribution is 6.24. The van der Waals surface area contributed by atoms with Crippen LogP contribution in [0.1, 0.15) is 179 Å². The summed E-state index contributed by atoms with van der Waals surface area (Å²) in [7, 11) is 0. The van der Waals surface area contributed by atoms with Crippen LogP contribution < -0.4 is 4.74 Å². The summed E-state index contributed by atoms with van der Waals surface area (Å²) in [5.41, 5.74) is 0.491. The lowest BCUT2D eigenvalue weighted by atomic mass is 9.63. The van der Waals surface area contributed by atoms with Gasteiger partial charge in [0, 0.05) is 12.3 Å². The molecule has 1 aromatic rings. The minimum absolute atomic E-state index is 0.00309. The van der Waals surface area contributed by atoms with Gasteiger partial charge in [-0.15, -0.1) is 11.6 Å². The summed E-state index contributed by atoms with van der Waals surface area (Å²) >= 11 is 7.03. The molecule has 1 aromatic carbocycles. The summed E-state index contributed by atoms with van der Waals surface area (Å²) < 4.78 is 16.7. The smallest absolute Gasteiger partial charge is 0.338 e. The quantitative estimate of drug-likeness (QED) is 0.0362. The summed E-state index contributed by atoms with van der Waals surface area (Å²) in [5.74, 6) is -0.207. The molecule has 2 aliphatic rings. The third kappa shape index (κ3) is 16.4. The second-order valence-corrected chi connectivity index (χ2v) is 16.9. The van der Waals surface area contributed by atoms with Crippen LogP contribution in [0, 0.1) is 11.3 Å². The minimum atomic E-state index is -0.569. The van der Waals surface area contributed by atoms with Crippen LogP contribution in [-0.4, -0.2) is 58.6 Å². The first-order chi connectivity index (χ1) is 26.1. The molecule has 7 nitrogen and oxygen atoms in total. The summed E-state index contributed by atoms with van der Waals surface area (Å²) in [5, 5.41) is 21.4. The summed E-state index contributed by atoms with van der Waals surface area (Å²) in [6.45, 7) is 6.80. The Hall–Kier alpha value is -2.35. The number of carbonyl (C=O) groups excluding carboxylic acids is 2. The normalized spacial score (nSPS) is 22.0. The van der Waals surface area contributed by atoms with Crippen LogP contribution in [0.25, 0.3) is 0 Å². The largest absolute Gasteiger partial charge is 0.494 e.